The summed E-state index contributed by atoms with van der Waals surface area (Å²) < 4.78 is 12.9. The predicted molar refractivity (Wildman–Crippen MR) is 56.6 cm³/mol. The van der Waals surface area contributed by atoms with Crippen molar-refractivity contribution in [3.8, 4) is 0 Å². The van der Waals surface area contributed by atoms with Gasteiger partial charge >= 0.3 is 0 Å². The number of allylic oxidation sites excluding steroid dienone is 1. The topological polar surface area (TPSA) is 29.1 Å². The summed E-state index contributed by atoms with van der Waals surface area (Å²) >= 11 is 0. The van der Waals surface area contributed by atoms with E-state index >= 15 is 0 Å². The summed E-state index contributed by atoms with van der Waals surface area (Å²) in [5.41, 5.74) is 0. The van der Waals surface area contributed by atoms with Crippen LogP contribution in [-0.4, -0.2) is 12.5 Å². The highest BCUT2D eigenvalue weighted by Gasteiger charge is 2.04. The molecule has 0 heterocycles. The van der Waals surface area contributed by atoms with Gasteiger partial charge in [0.15, 0.2) is 5.83 Å². The van der Waals surface area contributed by atoms with Crippen LogP contribution in [0.3, 0.4) is 0 Å². The van der Waals surface area contributed by atoms with Crippen LogP contribution >= 0.6 is 0 Å². The van der Waals surface area contributed by atoms with E-state index in [0.29, 0.717) is 13.0 Å². The van der Waals surface area contributed by atoms with Gasteiger partial charge in [-0.05, 0) is 25.8 Å². The van der Waals surface area contributed by atoms with Crippen molar-refractivity contribution in [2.75, 3.05) is 6.54 Å². The standard InChI is InChI=1S/C11H20FNO/c1-3-5-6-7-8-9-10(12)11(14)13-4-2/h9H,3-8H2,1-2H3,(H,13,14)/b10-9-. The Kier molecular flexibility index (Phi) is 8.19. The maximum absolute atomic E-state index is 12.9. The van der Waals surface area contributed by atoms with Gasteiger partial charge in [-0.25, -0.2) is 4.39 Å². The molecule has 0 rings (SSSR count). The van der Waals surface area contributed by atoms with Crippen molar-refractivity contribution in [2.24, 2.45) is 0 Å². The molecule has 0 unspecified atom stereocenters. The molecule has 2 nitrogen and oxygen atoms in total. The second-order valence-electron chi connectivity index (χ2n) is 3.26. The fourth-order valence-electron chi connectivity index (χ4n) is 1.14. The lowest BCUT2D eigenvalue weighted by Crippen LogP contribution is -2.22. The van der Waals surface area contributed by atoms with E-state index < -0.39 is 11.7 Å². The minimum atomic E-state index is -0.650. The van der Waals surface area contributed by atoms with E-state index in [4.69, 9.17) is 0 Å². The van der Waals surface area contributed by atoms with Crippen molar-refractivity contribution in [3.63, 3.8) is 0 Å². The first-order chi connectivity index (χ1) is 6.72. The number of halogens is 1. The Morgan fingerprint density at radius 2 is 2.00 bits per heavy atom. The van der Waals surface area contributed by atoms with E-state index in [-0.39, 0.29) is 0 Å². The Bertz CT molecular complexity index is 190. The van der Waals surface area contributed by atoms with Crippen LogP contribution in [0.15, 0.2) is 11.9 Å². The van der Waals surface area contributed by atoms with Crippen molar-refractivity contribution in [2.45, 2.75) is 46.0 Å². The van der Waals surface area contributed by atoms with Gasteiger partial charge in [0.05, 0.1) is 0 Å². The van der Waals surface area contributed by atoms with Gasteiger partial charge in [0.25, 0.3) is 5.91 Å². The Hall–Kier alpha value is -0.860. The molecule has 0 aromatic rings. The lowest BCUT2D eigenvalue weighted by molar-refractivity contribution is -0.118. The van der Waals surface area contributed by atoms with Crippen molar-refractivity contribution >= 4 is 5.91 Å². The predicted octanol–water partition coefficient (Wildman–Crippen LogP) is 2.95. The van der Waals surface area contributed by atoms with E-state index in [1.54, 1.807) is 6.92 Å². The molecule has 0 atom stereocenters. The SMILES string of the molecule is CCCCCC/C=C(\F)C(=O)NCC. The summed E-state index contributed by atoms with van der Waals surface area (Å²) in [5.74, 6) is -1.24. The van der Waals surface area contributed by atoms with Gasteiger partial charge in [-0.3, -0.25) is 4.79 Å². The van der Waals surface area contributed by atoms with Gasteiger partial charge in [-0.15, -0.1) is 0 Å². The van der Waals surface area contributed by atoms with Crippen molar-refractivity contribution in [1.82, 2.24) is 5.32 Å². The Balaban J connectivity index is 3.60. The highest BCUT2D eigenvalue weighted by atomic mass is 19.1. The van der Waals surface area contributed by atoms with Crippen molar-refractivity contribution < 1.29 is 9.18 Å². The number of likely N-dealkylation sites (N-methyl/N-ethyl adjacent to an activating group) is 1. The summed E-state index contributed by atoms with van der Waals surface area (Å²) in [6.07, 6.45) is 6.44. The molecule has 0 radical (unpaired) electrons. The lowest BCUT2D eigenvalue weighted by atomic mass is 10.1. The van der Waals surface area contributed by atoms with Crippen LogP contribution in [-0.2, 0) is 4.79 Å². The molecule has 0 fully saturated rings. The quantitative estimate of drug-likeness (QED) is 0.498. The summed E-state index contributed by atoms with van der Waals surface area (Å²) in [4.78, 5) is 10.9. The van der Waals surface area contributed by atoms with E-state index in [9.17, 15) is 9.18 Å². The largest absolute Gasteiger partial charge is 0.350 e. The second kappa shape index (κ2) is 8.73. The first-order valence-electron chi connectivity index (χ1n) is 5.36. The Morgan fingerprint density at radius 3 is 2.57 bits per heavy atom. The van der Waals surface area contributed by atoms with Gasteiger partial charge in [0.1, 0.15) is 0 Å². The first-order valence-corrected chi connectivity index (χ1v) is 5.36. The molecule has 1 amide bonds. The molecule has 1 N–H and O–H groups in total. The summed E-state index contributed by atoms with van der Waals surface area (Å²) in [7, 11) is 0. The zero-order chi connectivity index (χ0) is 10.8. The molecule has 82 valence electrons. The van der Waals surface area contributed by atoms with Crippen LogP contribution in [0, 0.1) is 0 Å². The number of unbranched alkanes of at least 4 members (excludes halogenated alkanes) is 4. The maximum Gasteiger partial charge on any atom is 0.279 e. The van der Waals surface area contributed by atoms with Gasteiger partial charge < -0.3 is 5.32 Å². The minimum Gasteiger partial charge on any atom is -0.350 e. The Morgan fingerprint density at radius 1 is 1.29 bits per heavy atom. The molecule has 0 aromatic heterocycles. The van der Waals surface area contributed by atoms with Gasteiger partial charge in [-0.2, -0.15) is 0 Å². The van der Waals surface area contributed by atoms with Crippen LogP contribution < -0.4 is 5.32 Å². The highest BCUT2D eigenvalue weighted by Crippen LogP contribution is 2.06. The first kappa shape index (κ1) is 13.1. The van der Waals surface area contributed by atoms with Crippen LogP contribution in [0.5, 0.6) is 0 Å². The molecule has 0 bridgehead atoms. The minimum absolute atomic E-state index is 0.468. The number of hydrogen-bond acceptors (Lipinski definition) is 1. The molecule has 0 saturated heterocycles. The highest BCUT2D eigenvalue weighted by molar-refractivity contribution is 5.90. The van der Waals surface area contributed by atoms with E-state index in [1.165, 1.54) is 18.9 Å². The normalized spacial score (nSPS) is 11.5. The fourth-order valence-corrected chi connectivity index (χ4v) is 1.14. The average Bonchev–Trinajstić information content (AvgIpc) is 2.17. The molecule has 14 heavy (non-hydrogen) atoms. The molecule has 3 heteroatoms. The average molecular weight is 201 g/mol. The molecule has 0 aliphatic carbocycles. The number of amides is 1. The van der Waals surface area contributed by atoms with Crippen LogP contribution in [0.2, 0.25) is 0 Å². The van der Waals surface area contributed by atoms with Crippen molar-refractivity contribution in [1.29, 1.82) is 0 Å². The number of hydrogen-bond donors (Lipinski definition) is 1. The van der Waals surface area contributed by atoms with E-state index in [1.807, 2.05) is 0 Å². The van der Waals surface area contributed by atoms with Gasteiger partial charge in [-0.1, -0.05) is 26.2 Å². The molecule has 0 saturated carbocycles. The zero-order valence-electron chi connectivity index (χ0n) is 9.11. The third-order valence-corrected chi connectivity index (χ3v) is 1.94. The fraction of sp³-hybridized carbons (Fsp3) is 0.727. The monoisotopic (exact) mass is 201 g/mol. The maximum atomic E-state index is 12.9. The van der Waals surface area contributed by atoms with Crippen LogP contribution in [0.1, 0.15) is 46.0 Å². The zero-order valence-corrected chi connectivity index (χ0v) is 9.11. The lowest BCUT2D eigenvalue weighted by Gasteiger charge is -1.98. The Labute approximate surface area is 85.6 Å². The van der Waals surface area contributed by atoms with Gasteiger partial charge in [0, 0.05) is 6.54 Å². The van der Waals surface area contributed by atoms with Crippen LogP contribution in [0.25, 0.3) is 0 Å². The van der Waals surface area contributed by atoms with E-state index in [0.717, 1.165) is 12.8 Å². The molecule has 0 aliphatic heterocycles. The smallest absolute Gasteiger partial charge is 0.279 e. The van der Waals surface area contributed by atoms with Gasteiger partial charge in [0.2, 0.25) is 0 Å². The molecule has 0 spiro atoms. The summed E-state index contributed by atoms with van der Waals surface area (Å²) in [6.45, 7) is 4.37. The molecule has 0 aromatic carbocycles. The molecular weight excluding hydrogens is 181 g/mol. The van der Waals surface area contributed by atoms with Crippen LogP contribution in [0.4, 0.5) is 4.39 Å². The third kappa shape index (κ3) is 6.63. The third-order valence-electron chi connectivity index (χ3n) is 1.94. The second-order valence-corrected chi connectivity index (χ2v) is 3.26. The summed E-state index contributed by atoms with van der Waals surface area (Å²) in [5, 5.41) is 2.42. The molecule has 0 aliphatic rings. The number of carbonyl (C=O) groups is 1. The number of nitrogens with one attached hydrogen (secondary N) is 1. The van der Waals surface area contributed by atoms with E-state index in [2.05, 4.69) is 12.2 Å². The number of rotatable bonds is 7. The molecular formula is C11H20FNO. The van der Waals surface area contributed by atoms with Crippen molar-refractivity contribution in [3.05, 3.63) is 11.9 Å². The number of carbonyl (C=O) groups excluding carboxylic acids is 1. The summed E-state index contributed by atoms with van der Waals surface area (Å²) in [6, 6.07) is 0.